The van der Waals surface area contributed by atoms with Crippen molar-refractivity contribution in [1.82, 2.24) is 29.3 Å². The Labute approximate surface area is 241 Å². The van der Waals surface area contributed by atoms with Crippen molar-refractivity contribution in [2.45, 2.75) is 75.7 Å². The topological polar surface area (TPSA) is 124 Å². The second kappa shape index (κ2) is 9.99. The number of ether oxygens (including phenoxy) is 1. The number of rotatable bonds is 5. The van der Waals surface area contributed by atoms with E-state index in [2.05, 4.69) is 28.8 Å². The number of fused-ring (bicyclic) bond motifs is 6. The summed E-state index contributed by atoms with van der Waals surface area (Å²) in [6, 6.07) is 5.93. The molecule has 1 amide bonds. The fourth-order valence-electron chi connectivity index (χ4n) is 5.97. The zero-order chi connectivity index (χ0) is 29.9. The van der Waals surface area contributed by atoms with Gasteiger partial charge in [-0.1, -0.05) is 0 Å². The van der Waals surface area contributed by atoms with Gasteiger partial charge in [0.1, 0.15) is 5.82 Å². The molecule has 1 saturated heterocycles. The number of aromatic nitrogens is 5. The van der Waals surface area contributed by atoms with Gasteiger partial charge in [0.15, 0.2) is 10.8 Å². The lowest BCUT2D eigenvalue weighted by atomic mass is 9.93. The van der Waals surface area contributed by atoms with E-state index in [4.69, 9.17) is 9.72 Å². The van der Waals surface area contributed by atoms with Crippen LogP contribution in [0.5, 0.6) is 5.88 Å². The summed E-state index contributed by atoms with van der Waals surface area (Å²) < 4.78 is 76.3. The molecule has 11 nitrogen and oxygen atoms in total. The van der Waals surface area contributed by atoms with E-state index in [-0.39, 0.29) is 47.9 Å². The number of aryl methyl sites for hydroxylation is 1. The molecule has 2 aliphatic heterocycles. The minimum atomic E-state index is -4.25. The molecule has 0 unspecified atom stereocenters. The number of nitrogens with zero attached hydrogens (tertiary/aromatic N) is 6. The molecule has 15 heteroatoms. The van der Waals surface area contributed by atoms with Crippen LogP contribution in [-0.2, 0) is 16.6 Å². The van der Waals surface area contributed by atoms with Crippen molar-refractivity contribution < 1.29 is 31.1 Å². The van der Waals surface area contributed by atoms with E-state index in [0.717, 1.165) is 19.3 Å². The number of carbonyl (C=O) groups excluding carboxylic acids is 1. The Morgan fingerprint density at radius 1 is 1.12 bits per heavy atom. The minimum absolute atomic E-state index is 0.0815. The van der Waals surface area contributed by atoms with Crippen molar-refractivity contribution in [3.05, 3.63) is 42.2 Å². The van der Waals surface area contributed by atoms with Crippen molar-refractivity contribution in [3.8, 4) is 11.7 Å². The number of hydrogen-bond acceptors (Lipinski definition) is 8. The van der Waals surface area contributed by atoms with Crippen LogP contribution < -0.4 is 14.4 Å². The Morgan fingerprint density at radius 3 is 2.64 bits per heavy atom. The van der Waals surface area contributed by atoms with E-state index >= 15 is 0 Å². The van der Waals surface area contributed by atoms with Gasteiger partial charge in [-0.3, -0.25) is 9.48 Å². The minimum Gasteiger partial charge on any atom is -0.477 e. The third-order valence-corrected chi connectivity index (χ3v) is 9.75. The molecular formula is C27H32F3N7O4S. The molecular weight excluding hydrogens is 575 g/mol. The third-order valence-electron chi connectivity index (χ3n) is 8.52. The fraction of sp³-hybridized carbons (Fsp3) is 0.556. The zero-order valence-corrected chi connectivity index (χ0v) is 24.1. The summed E-state index contributed by atoms with van der Waals surface area (Å²) in [6.07, 6.45) is 1.55. The van der Waals surface area contributed by atoms with E-state index in [0.29, 0.717) is 30.6 Å². The molecule has 1 atom stereocenters. The number of pyridine rings is 1. The van der Waals surface area contributed by atoms with E-state index in [1.807, 2.05) is 4.90 Å². The van der Waals surface area contributed by atoms with Crippen LogP contribution in [0.2, 0.25) is 0 Å². The molecule has 1 saturated carbocycles. The molecule has 3 aromatic rings. The highest BCUT2D eigenvalue weighted by Crippen LogP contribution is 2.59. The number of anilines is 1. The Kier molecular flexibility index (Phi) is 6.78. The molecule has 1 N–H and O–H groups in total. The molecule has 4 bridgehead atoms. The number of amides is 1. The number of alkyl halides is 3. The van der Waals surface area contributed by atoms with Gasteiger partial charge in [0.2, 0.25) is 5.88 Å². The van der Waals surface area contributed by atoms with Crippen molar-refractivity contribution in [3.63, 3.8) is 0 Å². The first-order valence-electron chi connectivity index (χ1n) is 13.9. The van der Waals surface area contributed by atoms with Crippen LogP contribution in [0.15, 0.2) is 41.7 Å². The van der Waals surface area contributed by atoms with Gasteiger partial charge in [-0.05, 0) is 76.5 Å². The molecule has 1 aliphatic carbocycles. The first-order chi connectivity index (χ1) is 19.8. The molecule has 42 heavy (non-hydrogen) atoms. The lowest BCUT2D eigenvalue weighted by Crippen LogP contribution is -2.41. The lowest BCUT2D eigenvalue weighted by molar-refractivity contribution is -0.190. The molecule has 3 aromatic heterocycles. The van der Waals surface area contributed by atoms with Crippen molar-refractivity contribution in [2.24, 2.45) is 11.3 Å². The highest BCUT2D eigenvalue weighted by Gasteiger charge is 2.62. The van der Waals surface area contributed by atoms with Gasteiger partial charge in [0.25, 0.3) is 15.9 Å². The van der Waals surface area contributed by atoms with E-state index in [1.54, 1.807) is 17.1 Å². The number of carbonyl (C=O) groups is 1. The fourth-order valence-corrected chi connectivity index (χ4v) is 6.88. The number of hydrogen-bond donors (Lipinski definition) is 1. The van der Waals surface area contributed by atoms with Crippen LogP contribution >= 0.6 is 0 Å². The zero-order valence-electron chi connectivity index (χ0n) is 23.3. The summed E-state index contributed by atoms with van der Waals surface area (Å²) in [6.45, 7) is 5.18. The van der Waals surface area contributed by atoms with Gasteiger partial charge < -0.3 is 9.64 Å². The molecule has 0 radical (unpaired) electrons. The molecule has 5 heterocycles. The SMILES string of the molecule is CC1(C)C[C@H]2CCCn3ccc(n3)S(=O)(=O)NC(=O)c3ccc(-n4ccc(OCCC5(C(F)(F)F)CC5)n4)nc3N1C2. The molecule has 6 rings (SSSR count). The molecule has 226 valence electrons. The first kappa shape index (κ1) is 28.5. The number of nitrogens with one attached hydrogen (secondary N) is 1. The van der Waals surface area contributed by atoms with Gasteiger partial charge in [-0.2, -0.15) is 26.7 Å². The van der Waals surface area contributed by atoms with E-state index in [1.165, 1.54) is 28.9 Å². The van der Waals surface area contributed by atoms with E-state index in [9.17, 15) is 26.4 Å². The number of halogens is 3. The third kappa shape index (κ3) is 5.34. The maximum atomic E-state index is 13.4. The smallest absolute Gasteiger partial charge is 0.394 e. The normalized spacial score (nSPS) is 22.6. The molecule has 0 aromatic carbocycles. The van der Waals surface area contributed by atoms with Crippen LogP contribution in [0.4, 0.5) is 19.0 Å². The Hall–Kier alpha value is -3.62. The summed E-state index contributed by atoms with van der Waals surface area (Å²) in [7, 11) is -4.23. The Morgan fingerprint density at radius 2 is 1.90 bits per heavy atom. The van der Waals surface area contributed by atoms with Gasteiger partial charge in [0, 0.05) is 37.1 Å². The lowest BCUT2D eigenvalue weighted by Gasteiger charge is -2.34. The average molecular weight is 608 g/mol. The van der Waals surface area contributed by atoms with Gasteiger partial charge in [-0.25, -0.2) is 14.4 Å². The van der Waals surface area contributed by atoms with Crippen LogP contribution in [-0.4, -0.2) is 63.7 Å². The van der Waals surface area contributed by atoms with E-state index < -0.39 is 27.5 Å². The monoisotopic (exact) mass is 607 g/mol. The predicted octanol–water partition coefficient (Wildman–Crippen LogP) is 4.09. The Balaban J connectivity index is 1.29. The van der Waals surface area contributed by atoms with Gasteiger partial charge in [0.05, 0.1) is 17.6 Å². The first-order valence-corrected chi connectivity index (χ1v) is 15.4. The highest BCUT2D eigenvalue weighted by atomic mass is 32.2. The molecule has 3 aliphatic rings. The van der Waals surface area contributed by atoms with Crippen LogP contribution in [0.25, 0.3) is 5.82 Å². The summed E-state index contributed by atoms with van der Waals surface area (Å²) >= 11 is 0. The molecule has 2 fully saturated rings. The highest BCUT2D eigenvalue weighted by molar-refractivity contribution is 7.90. The van der Waals surface area contributed by atoms with Crippen molar-refractivity contribution in [2.75, 3.05) is 18.1 Å². The maximum Gasteiger partial charge on any atom is 0.394 e. The standard InChI is InChI=1S/C27H32F3N7O4S/c1-25(2)16-18-4-3-12-35-13-8-22(33-35)42(39,40)34-24(38)19-5-6-20(31-23(19)36(25)17-18)37-14-7-21(32-37)41-15-11-26(9-10-26)27(28,29)30/h5-8,13-14,18H,3-4,9-12,15-17H2,1-2H3,(H,34,38)/t18-/m1/s1. The second-order valence-electron chi connectivity index (χ2n) is 12.0. The maximum absolute atomic E-state index is 13.4. The van der Waals surface area contributed by atoms with Crippen molar-refractivity contribution >= 4 is 21.7 Å². The number of sulfonamides is 1. The second-order valence-corrected chi connectivity index (χ2v) is 13.6. The summed E-state index contributed by atoms with van der Waals surface area (Å²) in [4.78, 5) is 20.2. The summed E-state index contributed by atoms with van der Waals surface area (Å²) in [5.74, 6) is 0.290. The van der Waals surface area contributed by atoms with Crippen molar-refractivity contribution in [1.29, 1.82) is 0 Å². The predicted molar refractivity (Wildman–Crippen MR) is 145 cm³/mol. The summed E-state index contributed by atoms with van der Waals surface area (Å²) in [5, 5.41) is 8.23. The van der Waals surface area contributed by atoms with Crippen LogP contribution in [0.1, 0.15) is 62.7 Å². The van der Waals surface area contributed by atoms with Gasteiger partial charge >= 0.3 is 6.18 Å². The summed E-state index contributed by atoms with van der Waals surface area (Å²) in [5.41, 5.74) is -1.95. The Bertz CT molecular complexity index is 1610. The molecule has 0 spiro atoms. The average Bonchev–Trinajstić information content (AvgIpc) is 3.22. The van der Waals surface area contributed by atoms with Crippen LogP contribution in [0.3, 0.4) is 0 Å². The van der Waals surface area contributed by atoms with Crippen LogP contribution in [0, 0.1) is 11.3 Å². The quantitative estimate of drug-likeness (QED) is 0.460. The largest absolute Gasteiger partial charge is 0.477 e. The van der Waals surface area contributed by atoms with Gasteiger partial charge in [-0.15, -0.1) is 5.10 Å².